The van der Waals surface area contributed by atoms with Crippen LogP contribution < -0.4 is 20.5 Å². The van der Waals surface area contributed by atoms with Crippen molar-refractivity contribution in [3.05, 3.63) is 60.2 Å². The molecular weight excluding hydrogens is 316 g/mol. The number of carbonyl (C=O) groups is 1. The summed E-state index contributed by atoms with van der Waals surface area (Å²) < 4.78 is 11.4. The molecule has 2 aromatic carbocycles. The van der Waals surface area contributed by atoms with Crippen molar-refractivity contribution in [2.24, 2.45) is 11.7 Å². The zero-order valence-electron chi connectivity index (χ0n) is 14.2. The Balaban J connectivity index is 1.47. The van der Waals surface area contributed by atoms with Gasteiger partial charge < -0.3 is 20.5 Å². The second-order valence-electron chi connectivity index (χ2n) is 6.32. The van der Waals surface area contributed by atoms with Gasteiger partial charge >= 0.3 is 0 Å². The maximum Gasteiger partial charge on any atom is 0.257 e. The number of amides is 1. The number of para-hydroxylation sites is 2. The smallest absolute Gasteiger partial charge is 0.257 e. The average Bonchev–Trinajstić information content (AvgIpc) is 3.49. The molecule has 25 heavy (non-hydrogen) atoms. The highest BCUT2D eigenvalue weighted by atomic mass is 16.5. The van der Waals surface area contributed by atoms with E-state index in [4.69, 9.17) is 15.2 Å². The van der Waals surface area contributed by atoms with Gasteiger partial charge in [-0.25, -0.2) is 0 Å². The summed E-state index contributed by atoms with van der Waals surface area (Å²) in [6, 6.07) is 17.3. The molecule has 3 rings (SSSR count). The first-order valence-corrected chi connectivity index (χ1v) is 8.63. The first kappa shape index (κ1) is 17.3. The van der Waals surface area contributed by atoms with Gasteiger partial charge in [0, 0.05) is 12.6 Å². The van der Waals surface area contributed by atoms with Crippen LogP contribution in [0.3, 0.4) is 0 Å². The maximum absolute atomic E-state index is 11.9. The molecule has 1 aliphatic carbocycles. The van der Waals surface area contributed by atoms with Crippen molar-refractivity contribution in [1.29, 1.82) is 0 Å². The molecule has 132 valence electrons. The van der Waals surface area contributed by atoms with E-state index in [-0.39, 0.29) is 18.6 Å². The standard InChI is InChI=1S/C20H24N2O3/c21-17(16-10-11-16)12-22-20(23)14-25-19-9-5-4-8-18(19)24-13-15-6-2-1-3-7-15/h1-9,16-17H,10-14,21H2,(H,22,23). The van der Waals surface area contributed by atoms with Crippen LogP contribution in [-0.2, 0) is 11.4 Å². The first-order valence-electron chi connectivity index (χ1n) is 8.63. The number of carbonyl (C=O) groups excluding carboxylic acids is 1. The number of rotatable bonds is 9. The van der Waals surface area contributed by atoms with E-state index in [2.05, 4.69) is 5.32 Å². The predicted molar refractivity (Wildman–Crippen MR) is 96.4 cm³/mol. The van der Waals surface area contributed by atoms with Gasteiger partial charge in [-0.15, -0.1) is 0 Å². The zero-order chi connectivity index (χ0) is 17.5. The van der Waals surface area contributed by atoms with Crippen LogP contribution in [0.1, 0.15) is 18.4 Å². The van der Waals surface area contributed by atoms with E-state index in [9.17, 15) is 4.79 Å². The summed E-state index contributed by atoms with van der Waals surface area (Å²) in [7, 11) is 0. The fourth-order valence-corrected chi connectivity index (χ4v) is 2.54. The Morgan fingerprint density at radius 1 is 1.04 bits per heavy atom. The largest absolute Gasteiger partial charge is 0.485 e. The van der Waals surface area contributed by atoms with E-state index >= 15 is 0 Å². The van der Waals surface area contributed by atoms with Crippen molar-refractivity contribution < 1.29 is 14.3 Å². The van der Waals surface area contributed by atoms with Gasteiger partial charge in [-0.3, -0.25) is 4.79 Å². The fourth-order valence-electron chi connectivity index (χ4n) is 2.54. The molecule has 0 saturated heterocycles. The molecule has 2 aromatic rings. The third kappa shape index (κ3) is 5.50. The van der Waals surface area contributed by atoms with Gasteiger partial charge in [0.1, 0.15) is 6.61 Å². The summed E-state index contributed by atoms with van der Waals surface area (Å²) in [6.07, 6.45) is 2.33. The van der Waals surface area contributed by atoms with E-state index in [1.807, 2.05) is 48.5 Å². The topological polar surface area (TPSA) is 73.6 Å². The number of nitrogens with two attached hydrogens (primary N) is 1. The minimum atomic E-state index is -0.172. The molecule has 0 radical (unpaired) electrons. The Kier molecular flexibility index (Phi) is 5.90. The second kappa shape index (κ2) is 8.53. The van der Waals surface area contributed by atoms with Crippen LogP contribution in [0.25, 0.3) is 0 Å². The van der Waals surface area contributed by atoms with E-state index in [1.54, 1.807) is 6.07 Å². The highest BCUT2D eigenvalue weighted by molar-refractivity contribution is 5.77. The minimum Gasteiger partial charge on any atom is -0.485 e. The summed E-state index contributed by atoms with van der Waals surface area (Å²) in [5.74, 6) is 1.57. The van der Waals surface area contributed by atoms with Gasteiger partial charge in [0.15, 0.2) is 18.1 Å². The Bertz CT molecular complexity index is 686. The fraction of sp³-hybridized carbons (Fsp3) is 0.350. The molecule has 0 bridgehead atoms. The molecular formula is C20H24N2O3. The highest BCUT2D eigenvalue weighted by Crippen LogP contribution is 2.31. The Hall–Kier alpha value is -2.53. The quantitative estimate of drug-likeness (QED) is 0.735. The molecule has 5 heteroatoms. The zero-order valence-corrected chi connectivity index (χ0v) is 14.2. The van der Waals surface area contributed by atoms with Crippen LogP contribution in [0.15, 0.2) is 54.6 Å². The van der Waals surface area contributed by atoms with Gasteiger partial charge in [0.25, 0.3) is 5.91 Å². The summed E-state index contributed by atoms with van der Waals surface area (Å²) >= 11 is 0. The van der Waals surface area contributed by atoms with Gasteiger partial charge in [-0.1, -0.05) is 42.5 Å². The molecule has 1 unspecified atom stereocenters. The van der Waals surface area contributed by atoms with Crippen molar-refractivity contribution >= 4 is 5.91 Å². The summed E-state index contributed by atoms with van der Waals surface area (Å²) in [6.45, 7) is 0.895. The highest BCUT2D eigenvalue weighted by Gasteiger charge is 2.28. The molecule has 0 aliphatic heterocycles. The molecule has 1 atom stereocenters. The minimum absolute atomic E-state index is 0.0467. The molecule has 3 N–H and O–H groups in total. The number of hydrogen-bond acceptors (Lipinski definition) is 4. The molecule has 1 saturated carbocycles. The van der Waals surface area contributed by atoms with Gasteiger partial charge in [-0.2, -0.15) is 0 Å². The van der Waals surface area contributed by atoms with Crippen molar-refractivity contribution in [3.8, 4) is 11.5 Å². The number of nitrogens with one attached hydrogen (secondary N) is 1. The molecule has 0 aromatic heterocycles. The van der Waals surface area contributed by atoms with Crippen LogP contribution in [-0.4, -0.2) is 25.1 Å². The van der Waals surface area contributed by atoms with Crippen LogP contribution in [0.4, 0.5) is 0 Å². The van der Waals surface area contributed by atoms with Crippen LogP contribution >= 0.6 is 0 Å². The molecule has 5 nitrogen and oxygen atoms in total. The Labute approximate surface area is 148 Å². The van der Waals surface area contributed by atoms with Gasteiger partial charge in [-0.05, 0) is 36.5 Å². The molecule has 1 fully saturated rings. The monoisotopic (exact) mass is 340 g/mol. The van der Waals surface area contributed by atoms with Crippen molar-refractivity contribution in [1.82, 2.24) is 5.32 Å². The van der Waals surface area contributed by atoms with E-state index in [1.165, 1.54) is 12.8 Å². The SMILES string of the molecule is NC(CNC(=O)COc1ccccc1OCc1ccccc1)C1CC1. The third-order valence-corrected chi connectivity index (χ3v) is 4.21. The summed E-state index contributed by atoms with van der Waals surface area (Å²) in [5.41, 5.74) is 7.05. The van der Waals surface area contributed by atoms with Crippen molar-refractivity contribution in [2.75, 3.05) is 13.2 Å². The van der Waals surface area contributed by atoms with Crippen LogP contribution in [0.5, 0.6) is 11.5 Å². The molecule has 1 amide bonds. The number of benzene rings is 2. The Morgan fingerprint density at radius 3 is 2.36 bits per heavy atom. The lowest BCUT2D eigenvalue weighted by Crippen LogP contribution is -2.40. The lowest BCUT2D eigenvalue weighted by atomic mass is 10.2. The van der Waals surface area contributed by atoms with Crippen LogP contribution in [0, 0.1) is 5.92 Å². The van der Waals surface area contributed by atoms with Gasteiger partial charge in [0.2, 0.25) is 0 Å². The normalized spacial score (nSPS) is 14.6. The predicted octanol–water partition coefficient (Wildman–Crippen LogP) is 2.50. The Morgan fingerprint density at radius 2 is 1.68 bits per heavy atom. The molecule has 0 heterocycles. The lowest BCUT2D eigenvalue weighted by Gasteiger charge is -2.14. The third-order valence-electron chi connectivity index (χ3n) is 4.21. The van der Waals surface area contributed by atoms with Crippen molar-refractivity contribution in [2.45, 2.75) is 25.5 Å². The number of ether oxygens (including phenoxy) is 2. The maximum atomic E-state index is 11.9. The number of hydrogen-bond donors (Lipinski definition) is 2. The second-order valence-corrected chi connectivity index (χ2v) is 6.32. The average molecular weight is 340 g/mol. The lowest BCUT2D eigenvalue weighted by molar-refractivity contribution is -0.123. The van der Waals surface area contributed by atoms with E-state index in [0.29, 0.717) is 30.6 Å². The summed E-state index contributed by atoms with van der Waals surface area (Å²) in [5, 5.41) is 2.82. The first-order chi connectivity index (χ1) is 12.2. The van der Waals surface area contributed by atoms with Crippen molar-refractivity contribution in [3.63, 3.8) is 0 Å². The van der Waals surface area contributed by atoms with E-state index < -0.39 is 0 Å². The van der Waals surface area contributed by atoms with Crippen LogP contribution in [0.2, 0.25) is 0 Å². The van der Waals surface area contributed by atoms with Gasteiger partial charge in [0.05, 0.1) is 0 Å². The van der Waals surface area contributed by atoms with E-state index in [0.717, 1.165) is 5.56 Å². The molecule has 0 spiro atoms. The summed E-state index contributed by atoms with van der Waals surface area (Å²) in [4.78, 5) is 11.9. The molecule has 1 aliphatic rings.